The molecule has 0 bridgehead atoms. The number of aromatic nitrogens is 2. The molecule has 0 aliphatic carbocycles. The van der Waals surface area contributed by atoms with Crippen LogP contribution < -0.4 is 16.3 Å². The van der Waals surface area contributed by atoms with Crippen LogP contribution >= 0.6 is 0 Å². The van der Waals surface area contributed by atoms with Gasteiger partial charge in [-0.05, 0) is 0 Å². The number of nitrogen functional groups attached to an aromatic ring is 2. The van der Waals surface area contributed by atoms with E-state index in [0.29, 0.717) is 5.95 Å². The van der Waals surface area contributed by atoms with Gasteiger partial charge in [0.25, 0.3) is 0 Å². The molecule has 0 saturated heterocycles. The second kappa shape index (κ2) is 1.14. The van der Waals surface area contributed by atoms with Crippen LogP contribution in [0.5, 0.6) is 0 Å². The Hall–Kier alpha value is -1.19. The first-order valence-electron chi connectivity index (χ1n) is 1.90. The van der Waals surface area contributed by atoms with Crippen LogP contribution in [0.25, 0.3) is 0 Å². The Bertz CT molecular complexity index is 139. The average Bonchev–Trinajstić information content (AvgIpc) is 1.91. The highest BCUT2D eigenvalue weighted by atomic mass is 15.3. The van der Waals surface area contributed by atoms with Crippen molar-refractivity contribution in [3.63, 3.8) is 0 Å². The van der Waals surface area contributed by atoms with Gasteiger partial charge in [-0.15, -0.1) is 4.68 Å². The minimum atomic E-state index is 0.458. The smallest absolute Gasteiger partial charge is 0.289 e. The molecule has 0 spiro atoms. The molecular formula is C3H7N4+. The van der Waals surface area contributed by atoms with Gasteiger partial charge in [-0.2, -0.15) is 0 Å². The number of H-pyrrole nitrogens is 1. The Kier molecular flexibility index (Phi) is 0.651. The van der Waals surface area contributed by atoms with Gasteiger partial charge in [0.2, 0.25) is 0 Å². The van der Waals surface area contributed by atoms with E-state index >= 15 is 0 Å². The van der Waals surface area contributed by atoms with E-state index < -0.39 is 0 Å². The first-order valence-corrected chi connectivity index (χ1v) is 1.90. The van der Waals surface area contributed by atoms with Crippen molar-refractivity contribution in [3.05, 3.63) is 12.4 Å². The molecule has 0 aromatic carbocycles. The van der Waals surface area contributed by atoms with Crippen LogP contribution in [0.1, 0.15) is 0 Å². The number of hydrogen-bond acceptors (Lipinski definition) is 2. The highest BCUT2D eigenvalue weighted by Crippen LogP contribution is 1.76. The molecule has 0 atom stereocenters. The van der Waals surface area contributed by atoms with Crippen LogP contribution in [0, 0.1) is 0 Å². The summed E-state index contributed by atoms with van der Waals surface area (Å²) in [6.45, 7) is 0. The molecule has 0 aliphatic heterocycles. The van der Waals surface area contributed by atoms with Crippen LogP contribution in [-0.2, 0) is 0 Å². The first kappa shape index (κ1) is 3.98. The Morgan fingerprint density at radius 2 is 2.43 bits per heavy atom. The zero-order valence-corrected chi connectivity index (χ0v) is 3.76. The number of nitrogens with two attached hydrogens (primary N) is 2. The fraction of sp³-hybridized carbons (Fsp3) is 0. The Balaban J connectivity index is 3.12. The van der Waals surface area contributed by atoms with Crippen molar-refractivity contribution in [2.45, 2.75) is 0 Å². The summed E-state index contributed by atoms with van der Waals surface area (Å²) in [4.78, 5) is 2.68. The summed E-state index contributed by atoms with van der Waals surface area (Å²) in [6, 6.07) is 0. The van der Waals surface area contributed by atoms with Crippen molar-refractivity contribution >= 4 is 5.95 Å². The lowest BCUT2D eigenvalue weighted by Gasteiger charge is -1.79. The van der Waals surface area contributed by atoms with Crippen LogP contribution in [-0.4, -0.2) is 4.98 Å². The van der Waals surface area contributed by atoms with E-state index in [1.54, 1.807) is 12.4 Å². The van der Waals surface area contributed by atoms with Gasteiger partial charge in [0, 0.05) is 0 Å². The zero-order chi connectivity index (χ0) is 5.28. The number of rotatable bonds is 0. The van der Waals surface area contributed by atoms with Crippen LogP contribution in [0.2, 0.25) is 0 Å². The van der Waals surface area contributed by atoms with Crippen molar-refractivity contribution in [2.24, 2.45) is 0 Å². The predicted octanol–water partition coefficient (Wildman–Crippen LogP) is -1.40. The fourth-order valence-electron chi connectivity index (χ4n) is 0.358. The standard InChI is InChI=1S/C3H6N4/c4-3-6-1-2-7(3)5/h1-2H,5H2,(H2,4,6)/p+1. The molecule has 0 radical (unpaired) electrons. The highest BCUT2D eigenvalue weighted by molar-refractivity contribution is 5.02. The molecule has 1 rings (SSSR count). The topological polar surface area (TPSA) is 71.7 Å². The summed E-state index contributed by atoms with van der Waals surface area (Å²) in [6.07, 6.45) is 3.30. The van der Waals surface area contributed by atoms with Crippen LogP contribution in [0.15, 0.2) is 12.4 Å². The highest BCUT2D eigenvalue weighted by Gasteiger charge is 1.94. The maximum absolute atomic E-state index is 5.22. The minimum Gasteiger partial charge on any atom is -0.289 e. The molecule has 0 fully saturated rings. The number of hydrogen-bond donors (Lipinski definition) is 3. The van der Waals surface area contributed by atoms with Gasteiger partial charge in [0.15, 0.2) is 0 Å². The van der Waals surface area contributed by atoms with E-state index in [9.17, 15) is 0 Å². The quantitative estimate of drug-likeness (QED) is 0.276. The van der Waals surface area contributed by atoms with Gasteiger partial charge in [0.1, 0.15) is 6.20 Å². The van der Waals surface area contributed by atoms with Gasteiger partial charge in [-0.3, -0.25) is 11.6 Å². The number of anilines is 1. The summed E-state index contributed by atoms with van der Waals surface area (Å²) in [7, 11) is 0. The molecule has 4 heteroatoms. The molecule has 5 N–H and O–H groups in total. The molecule has 7 heavy (non-hydrogen) atoms. The summed E-state index contributed by atoms with van der Waals surface area (Å²) in [5.41, 5.74) is 5.22. The lowest BCUT2D eigenvalue weighted by atomic mass is 11.0. The zero-order valence-electron chi connectivity index (χ0n) is 3.76. The fourth-order valence-corrected chi connectivity index (χ4v) is 0.358. The van der Waals surface area contributed by atoms with Crippen molar-refractivity contribution in [1.82, 2.24) is 4.98 Å². The molecule has 1 aromatic rings. The largest absolute Gasteiger partial charge is 0.374 e. The van der Waals surface area contributed by atoms with Gasteiger partial charge in [-0.25, -0.2) is 4.98 Å². The molecule has 4 nitrogen and oxygen atoms in total. The third kappa shape index (κ3) is 0.489. The molecule has 0 unspecified atom stereocenters. The van der Waals surface area contributed by atoms with E-state index in [4.69, 9.17) is 11.6 Å². The molecule has 38 valence electrons. The molecule has 0 saturated carbocycles. The average molecular weight is 99.1 g/mol. The van der Waals surface area contributed by atoms with Crippen LogP contribution in [0.3, 0.4) is 0 Å². The summed E-state index contributed by atoms with van der Waals surface area (Å²) in [5.74, 6) is 5.66. The summed E-state index contributed by atoms with van der Waals surface area (Å²) < 4.78 is 1.31. The maximum Gasteiger partial charge on any atom is 0.374 e. The lowest BCUT2D eigenvalue weighted by Crippen LogP contribution is -2.44. The molecule has 0 amide bonds. The van der Waals surface area contributed by atoms with E-state index in [1.807, 2.05) is 0 Å². The third-order valence-corrected chi connectivity index (χ3v) is 0.745. The van der Waals surface area contributed by atoms with Gasteiger partial charge in [-0.1, -0.05) is 0 Å². The van der Waals surface area contributed by atoms with Crippen LogP contribution in [0.4, 0.5) is 5.95 Å². The number of nitrogens with one attached hydrogen (secondary N) is 1. The minimum absolute atomic E-state index is 0.458. The Morgan fingerprint density at radius 1 is 1.71 bits per heavy atom. The normalized spacial score (nSPS) is 9.14. The van der Waals surface area contributed by atoms with Crippen molar-refractivity contribution in [2.75, 3.05) is 11.6 Å². The predicted molar refractivity (Wildman–Crippen MR) is 25.6 cm³/mol. The van der Waals surface area contributed by atoms with Crippen molar-refractivity contribution in [3.8, 4) is 0 Å². The van der Waals surface area contributed by atoms with Gasteiger partial charge < -0.3 is 0 Å². The Morgan fingerprint density at radius 3 is 2.57 bits per heavy atom. The van der Waals surface area contributed by atoms with E-state index in [0.717, 1.165) is 0 Å². The van der Waals surface area contributed by atoms with E-state index in [-0.39, 0.29) is 0 Å². The monoisotopic (exact) mass is 99.1 g/mol. The molecule has 1 heterocycles. The third-order valence-electron chi connectivity index (χ3n) is 0.745. The first-order chi connectivity index (χ1) is 3.30. The van der Waals surface area contributed by atoms with Gasteiger partial charge >= 0.3 is 5.95 Å². The summed E-state index contributed by atoms with van der Waals surface area (Å²) >= 11 is 0. The second-order valence-electron chi connectivity index (χ2n) is 1.25. The van der Waals surface area contributed by atoms with E-state index in [2.05, 4.69) is 4.98 Å². The molecule has 0 aliphatic rings. The van der Waals surface area contributed by atoms with Gasteiger partial charge in [0.05, 0.1) is 6.20 Å². The van der Waals surface area contributed by atoms with Crippen molar-refractivity contribution < 1.29 is 4.68 Å². The maximum atomic E-state index is 5.22. The lowest BCUT2D eigenvalue weighted by molar-refractivity contribution is -0.622. The number of imidazole rings is 1. The molecule has 1 aromatic heterocycles. The Labute approximate surface area is 40.7 Å². The number of aromatic amines is 1. The van der Waals surface area contributed by atoms with Crippen molar-refractivity contribution in [1.29, 1.82) is 0 Å². The van der Waals surface area contributed by atoms with E-state index in [1.165, 1.54) is 4.68 Å². The summed E-state index contributed by atoms with van der Waals surface area (Å²) in [5, 5.41) is 0. The SMILES string of the molecule is Nc1[nH]cc[n+]1N. The second-order valence-corrected chi connectivity index (χ2v) is 1.25. The number of nitrogens with zero attached hydrogens (tertiary/aromatic N) is 1. The molecular weight excluding hydrogens is 92.1 g/mol.